The number of pyridine rings is 1. The van der Waals surface area contributed by atoms with Crippen LogP contribution in [0.2, 0.25) is 0 Å². The highest BCUT2D eigenvalue weighted by atomic mass is 16.5. The van der Waals surface area contributed by atoms with Crippen molar-refractivity contribution in [3.63, 3.8) is 0 Å². The first-order valence-electron chi connectivity index (χ1n) is 11.3. The van der Waals surface area contributed by atoms with Crippen molar-refractivity contribution in [1.82, 2.24) is 14.9 Å². The number of carbonyl (C=O) groups is 1. The second-order valence-electron chi connectivity index (χ2n) is 8.63. The molecule has 3 aromatic rings. The van der Waals surface area contributed by atoms with Gasteiger partial charge in [0, 0.05) is 48.5 Å². The molecular formula is C26H32N4O2. The number of anilines is 1. The smallest absolute Gasteiger partial charge is 0.253 e. The third-order valence-electron chi connectivity index (χ3n) is 6.11. The molecule has 1 aliphatic rings. The van der Waals surface area contributed by atoms with E-state index in [0.717, 1.165) is 41.5 Å². The van der Waals surface area contributed by atoms with Gasteiger partial charge in [-0.15, -0.1) is 0 Å². The number of aromatic nitrogens is 2. The van der Waals surface area contributed by atoms with E-state index in [4.69, 9.17) is 4.74 Å². The number of amides is 1. The van der Waals surface area contributed by atoms with Crippen LogP contribution in [-0.4, -0.2) is 41.8 Å². The normalized spacial score (nSPS) is 14.1. The van der Waals surface area contributed by atoms with Crippen molar-refractivity contribution >= 4 is 11.7 Å². The molecule has 0 atom stereocenters. The standard InChI is InChI=1S/C26H32N4O2/c1-18(2)21-7-9-23(10-8-21)30-19(3)16-24(20(30)4)26(31)28-17-22-6-5-11-27-25(22)29-12-14-32-15-13-29/h5-11,16,18H,12-15,17H2,1-4H3,(H,28,31). The average Bonchev–Trinajstić information content (AvgIpc) is 3.12. The fraction of sp³-hybridized carbons (Fsp3) is 0.385. The third kappa shape index (κ3) is 4.55. The van der Waals surface area contributed by atoms with Crippen LogP contribution in [0.15, 0.2) is 48.7 Å². The van der Waals surface area contributed by atoms with Crippen LogP contribution in [-0.2, 0) is 11.3 Å². The van der Waals surface area contributed by atoms with E-state index >= 15 is 0 Å². The predicted octanol–water partition coefficient (Wildman–Crippen LogP) is 4.38. The Morgan fingerprint density at radius 1 is 1.12 bits per heavy atom. The monoisotopic (exact) mass is 432 g/mol. The Bertz CT molecular complexity index is 1080. The summed E-state index contributed by atoms with van der Waals surface area (Å²) in [5, 5.41) is 3.10. The lowest BCUT2D eigenvalue weighted by Gasteiger charge is -2.29. The molecular weight excluding hydrogens is 400 g/mol. The van der Waals surface area contributed by atoms with Gasteiger partial charge in [-0.1, -0.05) is 32.0 Å². The van der Waals surface area contributed by atoms with Gasteiger partial charge in [0.05, 0.1) is 18.8 Å². The molecule has 1 amide bonds. The van der Waals surface area contributed by atoms with Gasteiger partial charge in [0.2, 0.25) is 0 Å². The molecule has 0 saturated carbocycles. The highest BCUT2D eigenvalue weighted by Crippen LogP contribution is 2.24. The lowest BCUT2D eigenvalue weighted by molar-refractivity contribution is 0.0950. The Balaban J connectivity index is 1.51. The molecule has 6 heteroatoms. The SMILES string of the molecule is Cc1cc(C(=O)NCc2cccnc2N2CCOCC2)c(C)n1-c1ccc(C(C)C)cc1. The van der Waals surface area contributed by atoms with Gasteiger partial charge in [0.15, 0.2) is 0 Å². The molecule has 1 aliphatic heterocycles. The largest absolute Gasteiger partial charge is 0.378 e. The Labute approximate surface area is 190 Å². The summed E-state index contributed by atoms with van der Waals surface area (Å²) in [4.78, 5) is 19.9. The summed E-state index contributed by atoms with van der Waals surface area (Å²) in [5.41, 5.74) is 6.08. The Morgan fingerprint density at radius 3 is 2.53 bits per heavy atom. The van der Waals surface area contributed by atoms with E-state index in [-0.39, 0.29) is 5.91 Å². The molecule has 6 nitrogen and oxygen atoms in total. The van der Waals surface area contributed by atoms with Gasteiger partial charge >= 0.3 is 0 Å². The van der Waals surface area contributed by atoms with Crippen molar-refractivity contribution < 1.29 is 9.53 Å². The quantitative estimate of drug-likeness (QED) is 0.628. The van der Waals surface area contributed by atoms with Crippen molar-refractivity contribution in [3.8, 4) is 5.69 Å². The van der Waals surface area contributed by atoms with Crippen molar-refractivity contribution in [2.75, 3.05) is 31.2 Å². The number of hydrogen-bond acceptors (Lipinski definition) is 4. The molecule has 168 valence electrons. The number of hydrogen-bond donors (Lipinski definition) is 1. The van der Waals surface area contributed by atoms with Gasteiger partial charge in [0.25, 0.3) is 5.91 Å². The van der Waals surface area contributed by atoms with Crippen LogP contribution in [0.4, 0.5) is 5.82 Å². The van der Waals surface area contributed by atoms with E-state index in [1.807, 2.05) is 32.0 Å². The second-order valence-corrected chi connectivity index (χ2v) is 8.63. The maximum atomic E-state index is 13.1. The minimum Gasteiger partial charge on any atom is -0.378 e. The number of rotatable bonds is 6. The van der Waals surface area contributed by atoms with Crippen LogP contribution in [0.5, 0.6) is 0 Å². The van der Waals surface area contributed by atoms with Crippen LogP contribution in [0.1, 0.15) is 52.6 Å². The lowest BCUT2D eigenvalue weighted by atomic mass is 10.0. The Kier molecular flexibility index (Phi) is 6.61. The summed E-state index contributed by atoms with van der Waals surface area (Å²) in [6.45, 7) is 11.9. The summed E-state index contributed by atoms with van der Waals surface area (Å²) in [7, 11) is 0. The van der Waals surface area contributed by atoms with E-state index in [0.29, 0.717) is 31.2 Å². The minimum atomic E-state index is -0.0695. The minimum absolute atomic E-state index is 0.0695. The fourth-order valence-electron chi connectivity index (χ4n) is 4.30. The lowest BCUT2D eigenvalue weighted by Crippen LogP contribution is -2.37. The zero-order valence-electron chi connectivity index (χ0n) is 19.4. The zero-order chi connectivity index (χ0) is 22.7. The van der Waals surface area contributed by atoms with Crippen LogP contribution < -0.4 is 10.2 Å². The third-order valence-corrected chi connectivity index (χ3v) is 6.11. The predicted molar refractivity (Wildman–Crippen MR) is 128 cm³/mol. The number of nitrogens with one attached hydrogen (secondary N) is 1. The molecule has 2 aromatic heterocycles. The number of aryl methyl sites for hydroxylation is 1. The van der Waals surface area contributed by atoms with Gasteiger partial charge in [-0.3, -0.25) is 4.79 Å². The zero-order valence-corrected chi connectivity index (χ0v) is 19.4. The van der Waals surface area contributed by atoms with Crippen LogP contribution in [0.25, 0.3) is 5.69 Å². The highest BCUT2D eigenvalue weighted by molar-refractivity contribution is 5.96. The van der Waals surface area contributed by atoms with Crippen molar-refractivity contribution in [2.45, 2.75) is 40.2 Å². The van der Waals surface area contributed by atoms with Crippen molar-refractivity contribution in [1.29, 1.82) is 0 Å². The van der Waals surface area contributed by atoms with Gasteiger partial charge in [-0.05, 0) is 49.6 Å². The molecule has 0 spiro atoms. The van der Waals surface area contributed by atoms with Crippen LogP contribution in [0, 0.1) is 13.8 Å². The number of morpholine rings is 1. The van der Waals surface area contributed by atoms with Crippen molar-refractivity contribution in [3.05, 3.63) is 76.7 Å². The van der Waals surface area contributed by atoms with Gasteiger partial charge < -0.3 is 19.5 Å². The molecule has 0 aliphatic carbocycles. The van der Waals surface area contributed by atoms with E-state index in [1.165, 1.54) is 5.56 Å². The molecule has 1 saturated heterocycles. The highest BCUT2D eigenvalue weighted by Gasteiger charge is 2.19. The summed E-state index contributed by atoms with van der Waals surface area (Å²) in [5.74, 6) is 1.35. The first-order valence-corrected chi connectivity index (χ1v) is 11.3. The maximum Gasteiger partial charge on any atom is 0.253 e. The van der Waals surface area contributed by atoms with E-state index in [9.17, 15) is 4.79 Å². The number of nitrogens with zero attached hydrogens (tertiary/aromatic N) is 3. The summed E-state index contributed by atoms with van der Waals surface area (Å²) < 4.78 is 7.60. The summed E-state index contributed by atoms with van der Waals surface area (Å²) in [6, 6.07) is 14.5. The topological polar surface area (TPSA) is 59.4 Å². The Hall–Kier alpha value is -3.12. The first kappa shape index (κ1) is 22.1. The summed E-state index contributed by atoms with van der Waals surface area (Å²) >= 11 is 0. The van der Waals surface area contributed by atoms with Crippen LogP contribution in [0.3, 0.4) is 0 Å². The van der Waals surface area contributed by atoms with E-state index in [1.54, 1.807) is 6.20 Å². The van der Waals surface area contributed by atoms with Crippen molar-refractivity contribution in [2.24, 2.45) is 0 Å². The second kappa shape index (κ2) is 9.57. The maximum absolute atomic E-state index is 13.1. The first-order chi connectivity index (χ1) is 15.5. The molecule has 32 heavy (non-hydrogen) atoms. The van der Waals surface area contributed by atoms with Gasteiger partial charge in [0.1, 0.15) is 5.82 Å². The van der Waals surface area contributed by atoms with E-state index < -0.39 is 0 Å². The molecule has 0 radical (unpaired) electrons. The number of benzene rings is 1. The van der Waals surface area contributed by atoms with Crippen LogP contribution >= 0.6 is 0 Å². The fourth-order valence-corrected chi connectivity index (χ4v) is 4.30. The molecule has 1 fully saturated rings. The molecule has 3 heterocycles. The molecule has 1 N–H and O–H groups in total. The molecule has 0 bridgehead atoms. The molecule has 4 rings (SSSR count). The number of ether oxygens (including phenoxy) is 1. The van der Waals surface area contributed by atoms with E-state index in [2.05, 4.69) is 57.9 Å². The molecule has 1 aromatic carbocycles. The van der Waals surface area contributed by atoms with Gasteiger partial charge in [-0.25, -0.2) is 4.98 Å². The van der Waals surface area contributed by atoms with Gasteiger partial charge in [-0.2, -0.15) is 0 Å². The number of carbonyl (C=O) groups excluding carboxylic acids is 1. The Morgan fingerprint density at radius 2 is 1.84 bits per heavy atom. The average molecular weight is 433 g/mol. The molecule has 0 unspecified atom stereocenters. The summed E-state index contributed by atoms with van der Waals surface area (Å²) in [6.07, 6.45) is 1.80.